The number of hydrogen-bond donors (Lipinski definition) is 1. The molecule has 5 heterocycles. The van der Waals surface area contributed by atoms with E-state index in [0.717, 1.165) is 11.0 Å². The summed E-state index contributed by atoms with van der Waals surface area (Å²) in [7, 11) is 1.71. The highest BCUT2D eigenvalue weighted by Crippen LogP contribution is 2.54. The molecule has 11 nitrogen and oxygen atoms in total. The van der Waals surface area contributed by atoms with Crippen molar-refractivity contribution in [2.45, 2.75) is 50.7 Å². The molecule has 11 heteroatoms. The van der Waals surface area contributed by atoms with Crippen molar-refractivity contribution in [2.75, 3.05) is 26.7 Å². The summed E-state index contributed by atoms with van der Waals surface area (Å²) in [6.45, 7) is 4.56. The molecule has 1 aromatic carbocycles. The summed E-state index contributed by atoms with van der Waals surface area (Å²) in [4.78, 5) is 47.0. The number of likely N-dealkylation sites (tertiary alicyclic amines) is 1. The minimum atomic E-state index is -1.33. The summed E-state index contributed by atoms with van der Waals surface area (Å²) in [6, 6.07) is 5.89. The van der Waals surface area contributed by atoms with E-state index >= 15 is 0 Å². The molecule has 1 unspecified atom stereocenters. The van der Waals surface area contributed by atoms with Crippen LogP contribution in [0.25, 0.3) is 11.0 Å². The van der Waals surface area contributed by atoms with E-state index in [1.165, 1.54) is 4.90 Å². The zero-order chi connectivity index (χ0) is 27.5. The van der Waals surface area contributed by atoms with Crippen molar-refractivity contribution in [3.8, 4) is 0 Å². The van der Waals surface area contributed by atoms with Crippen LogP contribution in [0.2, 0.25) is 0 Å². The van der Waals surface area contributed by atoms with Gasteiger partial charge < -0.3 is 24.5 Å². The fourth-order valence-electron chi connectivity index (χ4n) is 6.77. The molecule has 2 aromatic rings. The maximum Gasteiger partial charge on any atom is 0.250 e. The Kier molecular flexibility index (Phi) is 6.30. The van der Waals surface area contributed by atoms with Gasteiger partial charge in [-0.05, 0) is 24.5 Å². The first kappa shape index (κ1) is 25.7. The van der Waals surface area contributed by atoms with Crippen molar-refractivity contribution < 1.29 is 24.2 Å². The summed E-state index contributed by atoms with van der Waals surface area (Å²) in [5.74, 6) is -2.27. The maximum absolute atomic E-state index is 14.5. The zero-order valence-corrected chi connectivity index (χ0v) is 22.4. The van der Waals surface area contributed by atoms with Crippen molar-refractivity contribution in [3.05, 3.63) is 48.6 Å². The van der Waals surface area contributed by atoms with Gasteiger partial charge in [-0.3, -0.25) is 14.4 Å². The fourth-order valence-corrected chi connectivity index (χ4v) is 6.77. The fraction of sp³-hybridized carbons (Fsp3) is 0.536. The lowest BCUT2D eigenvalue weighted by molar-refractivity contribution is -0.152. The van der Waals surface area contributed by atoms with Gasteiger partial charge in [-0.15, -0.1) is 5.10 Å². The van der Waals surface area contributed by atoms with Crippen LogP contribution in [0, 0.1) is 17.8 Å². The topological polar surface area (TPSA) is 121 Å². The molecule has 6 rings (SSSR count). The van der Waals surface area contributed by atoms with E-state index in [0.29, 0.717) is 13.0 Å². The number of hydrogen-bond acceptors (Lipinski definition) is 7. The van der Waals surface area contributed by atoms with Crippen LogP contribution in [0.3, 0.4) is 0 Å². The van der Waals surface area contributed by atoms with Crippen LogP contribution in [0.15, 0.2) is 48.6 Å². The summed E-state index contributed by atoms with van der Waals surface area (Å²) >= 11 is 0. The highest BCUT2D eigenvalue weighted by atomic mass is 16.5. The number of ether oxygens (including phenoxy) is 1. The monoisotopic (exact) mass is 534 g/mol. The second-order valence-corrected chi connectivity index (χ2v) is 11.4. The molecule has 2 fully saturated rings. The molecule has 2 saturated heterocycles. The molecule has 0 bridgehead atoms. The van der Waals surface area contributed by atoms with Crippen molar-refractivity contribution in [1.82, 2.24) is 29.7 Å². The van der Waals surface area contributed by atoms with E-state index in [2.05, 4.69) is 10.3 Å². The molecule has 1 aromatic heterocycles. The van der Waals surface area contributed by atoms with E-state index in [4.69, 9.17) is 4.74 Å². The molecule has 206 valence electrons. The number of carbonyl (C=O) groups is 3. The molecule has 0 saturated carbocycles. The molecule has 3 amide bonds. The van der Waals surface area contributed by atoms with Gasteiger partial charge in [0.25, 0.3) is 5.91 Å². The van der Waals surface area contributed by atoms with Crippen molar-refractivity contribution in [3.63, 3.8) is 0 Å². The van der Waals surface area contributed by atoms with Crippen LogP contribution in [0.5, 0.6) is 0 Å². The Bertz CT molecular complexity index is 1370. The van der Waals surface area contributed by atoms with Gasteiger partial charge in [0.2, 0.25) is 11.8 Å². The van der Waals surface area contributed by atoms with Crippen LogP contribution < -0.4 is 0 Å². The van der Waals surface area contributed by atoms with Gasteiger partial charge >= 0.3 is 0 Å². The van der Waals surface area contributed by atoms with E-state index in [1.54, 1.807) is 21.5 Å². The average molecular weight is 535 g/mol. The third-order valence-electron chi connectivity index (χ3n) is 8.45. The Morgan fingerprint density at radius 1 is 1.10 bits per heavy atom. The minimum absolute atomic E-state index is 0.130. The predicted molar refractivity (Wildman–Crippen MR) is 141 cm³/mol. The van der Waals surface area contributed by atoms with E-state index in [-0.39, 0.29) is 43.5 Å². The third-order valence-corrected chi connectivity index (χ3v) is 8.45. The molecular formula is C28H34N6O5. The minimum Gasteiger partial charge on any atom is -0.394 e. The second-order valence-electron chi connectivity index (χ2n) is 11.4. The standard InChI is InChI=1S/C28H34N6O5/c1-17(2)14-18(15-35)34-24-27(38)32(16-33-20-9-5-4-8-19(20)29-30-33)13-7-11-28(24)23(26(34)37)22-21(39-28)10-6-12-31(3)25(22)36/h4-11,17-18,21-24,35H,12-16H2,1-3H3/t18-,21-,22+,23+,24?,28+/m1/s1. The zero-order valence-electron chi connectivity index (χ0n) is 22.4. The molecule has 4 aliphatic rings. The highest BCUT2D eigenvalue weighted by Gasteiger charge is 2.72. The van der Waals surface area contributed by atoms with Gasteiger partial charge in [-0.1, -0.05) is 55.5 Å². The number of benzene rings is 1. The number of amides is 3. The molecule has 4 aliphatic heterocycles. The SMILES string of the molecule is CC(C)C[C@H](CO)N1C(=O)[C@@H]2[C@H]3C(=O)N(C)CC=C[C@H]3O[C@@]23C=CCN(Cn2nnc4ccccc42)C(=O)C13. The average Bonchev–Trinajstić information content (AvgIpc) is 3.48. The normalized spacial score (nSPS) is 31.1. The summed E-state index contributed by atoms with van der Waals surface area (Å²) < 4.78 is 8.30. The van der Waals surface area contributed by atoms with Crippen molar-refractivity contribution in [1.29, 1.82) is 0 Å². The van der Waals surface area contributed by atoms with Crippen LogP contribution >= 0.6 is 0 Å². The number of aliphatic hydroxyl groups excluding tert-OH is 1. The molecular weight excluding hydrogens is 500 g/mol. The number of aliphatic hydroxyl groups is 1. The van der Waals surface area contributed by atoms with Crippen molar-refractivity contribution in [2.24, 2.45) is 17.8 Å². The van der Waals surface area contributed by atoms with Crippen LogP contribution in [0.4, 0.5) is 0 Å². The lowest BCUT2D eigenvalue weighted by Crippen LogP contribution is -2.58. The number of fused-ring (bicyclic) bond motifs is 3. The number of para-hydroxylation sites is 1. The second kappa shape index (κ2) is 9.56. The number of carbonyl (C=O) groups excluding carboxylic acids is 3. The summed E-state index contributed by atoms with van der Waals surface area (Å²) in [5, 5.41) is 18.9. The number of likely N-dealkylation sites (N-methyl/N-ethyl adjacent to an activating group) is 1. The Labute approximate surface area is 226 Å². The lowest BCUT2D eigenvalue weighted by Gasteiger charge is -2.39. The summed E-state index contributed by atoms with van der Waals surface area (Å²) in [6.07, 6.45) is 7.26. The Balaban J connectivity index is 1.44. The first-order valence-electron chi connectivity index (χ1n) is 13.5. The van der Waals surface area contributed by atoms with Gasteiger partial charge in [0.1, 0.15) is 23.8 Å². The van der Waals surface area contributed by atoms with Gasteiger partial charge in [0.05, 0.1) is 36.1 Å². The maximum atomic E-state index is 14.5. The molecule has 0 aliphatic carbocycles. The first-order valence-corrected chi connectivity index (χ1v) is 13.5. The third kappa shape index (κ3) is 3.89. The smallest absolute Gasteiger partial charge is 0.250 e. The van der Waals surface area contributed by atoms with Crippen LogP contribution in [-0.4, -0.2) is 103 Å². The molecule has 1 N–H and O–H groups in total. The van der Waals surface area contributed by atoms with E-state index in [1.807, 2.05) is 62.4 Å². The van der Waals surface area contributed by atoms with Crippen molar-refractivity contribution >= 4 is 28.8 Å². The predicted octanol–water partition coefficient (Wildman–Crippen LogP) is 0.803. The number of aromatic nitrogens is 3. The van der Waals surface area contributed by atoms with Gasteiger partial charge in [0, 0.05) is 20.1 Å². The largest absolute Gasteiger partial charge is 0.394 e. The Morgan fingerprint density at radius 2 is 1.90 bits per heavy atom. The summed E-state index contributed by atoms with van der Waals surface area (Å²) in [5.41, 5.74) is 0.179. The van der Waals surface area contributed by atoms with E-state index in [9.17, 15) is 19.5 Å². The Morgan fingerprint density at radius 3 is 2.67 bits per heavy atom. The number of nitrogens with zero attached hydrogens (tertiary/aromatic N) is 6. The molecule has 39 heavy (non-hydrogen) atoms. The Hall–Kier alpha value is -3.57. The van der Waals surface area contributed by atoms with E-state index < -0.39 is 35.6 Å². The van der Waals surface area contributed by atoms with Gasteiger partial charge in [-0.25, -0.2) is 4.68 Å². The quantitative estimate of drug-likeness (QED) is 0.545. The number of rotatable bonds is 6. The highest BCUT2D eigenvalue weighted by molar-refractivity contribution is 6.00. The van der Waals surface area contributed by atoms with Gasteiger partial charge in [-0.2, -0.15) is 0 Å². The first-order chi connectivity index (χ1) is 18.8. The molecule has 1 spiro atoms. The van der Waals surface area contributed by atoms with Gasteiger partial charge in [0.15, 0.2) is 0 Å². The molecule has 0 radical (unpaired) electrons. The lowest BCUT2D eigenvalue weighted by atomic mass is 9.77. The van der Waals surface area contributed by atoms with Crippen LogP contribution in [0.1, 0.15) is 20.3 Å². The van der Waals surface area contributed by atoms with Crippen LogP contribution in [-0.2, 0) is 25.8 Å². The molecule has 6 atom stereocenters.